The zero-order chi connectivity index (χ0) is 30.9. The van der Waals surface area contributed by atoms with E-state index in [-0.39, 0.29) is 11.9 Å². The van der Waals surface area contributed by atoms with Crippen LogP contribution in [0.25, 0.3) is 22.3 Å². The minimum Gasteiger partial charge on any atom is -0.380 e. The molecular formula is C34H45N7O3. The van der Waals surface area contributed by atoms with Crippen LogP contribution in [0.3, 0.4) is 0 Å². The number of aromatic amines is 1. The lowest BCUT2D eigenvalue weighted by Gasteiger charge is -2.34. The largest absolute Gasteiger partial charge is 0.380 e. The van der Waals surface area contributed by atoms with E-state index in [0.717, 1.165) is 73.8 Å². The van der Waals surface area contributed by atoms with Gasteiger partial charge in [-0.2, -0.15) is 0 Å². The van der Waals surface area contributed by atoms with Gasteiger partial charge in [0.25, 0.3) is 0 Å². The molecule has 2 aromatic carbocycles. The Morgan fingerprint density at radius 3 is 2.48 bits per heavy atom. The normalized spacial score (nSPS) is 15.4. The molecule has 1 fully saturated rings. The molecule has 0 bridgehead atoms. The monoisotopic (exact) mass is 599 g/mol. The van der Waals surface area contributed by atoms with E-state index in [9.17, 15) is 4.79 Å². The molecule has 3 heterocycles. The van der Waals surface area contributed by atoms with Gasteiger partial charge in [0.05, 0.1) is 12.0 Å². The maximum atomic E-state index is 11.7. The number of piperazine rings is 1. The van der Waals surface area contributed by atoms with Gasteiger partial charge in [-0.1, -0.05) is 68.4 Å². The third-order valence-electron chi connectivity index (χ3n) is 8.57. The van der Waals surface area contributed by atoms with Crippen molar-refractivity contribution in [3.63, 3.8) is 0 Å². The number of hydrogen-bond donors (Lipinski definition) is 4. The van der Waals surface area contributed by atoms with Crippen LogP contribution in [0.4, 0.5) is 5.82 Å². The zero-order valence-corrected chi connectivity index (χ0v) is 26.1. The van der Waals surface area contributed by atoms with Gasteiger partial charge in [0.15, 0.2) is 0 Å². The van der Waals surface area contributed by atoms with Crippen LogP contribution in [-0.2, 0) is 16.1 Å². The SMILES string of the molecule is C[C@@H](Nc1ncnc2[nH]c(-c3ccc(CN4CCN(CCOCCCC(C)(C)C(=O)NO)CC4)cc3)cc12)c1ccccc1. The summed E-state index contributed by atoms with van der Waals surface area (Å²) < 4.78 is 5.81. The number of hydroxylamine groups is 1. The van der Waals surface area contributed by atoms with Gasteiger partial charge in [0.1, 0.15) is 17.8 Å². The molecule has 0 aliphatic carbocycles. The van der Waals surface area contributed by atoms with Gasteiger partial charge >= 0.3 is 0 Å². The van der Waals surface area contributed by atoms with Crippen LogP contribution in [0, 0.1) is 5.41 Å². The average Bonchev–Trinajstić information content (AvgIpc) is 3.49. The maximum Gasteiger partial charge on any atom is 0.248 e. The predicted molar refractivity (Wildman–Crippen MR) is 173 cm³/mol. The third kappa shape index (κ3) is 8.21. The Bertz CT molecular complexity index is 1480. The van der Waals surface area contributed by atoms with Crippen molar-refractivity contribution in [1.82, 2.24) is 30.2 Å². The second-order valence-corrected chi connectivity index (χ2v) is 12.3. The first kappa shape index (κ1) is 31.6. The number of H-pyrrole nitrogens is 1. The number of fused-ring (bicyclic) bond motifs is 1. The number of rotatable bonds is 14. The van der Waals surface area contributed by atoms with Gasteiger partial charge in [-0.05, 0) is 42.5 Å². The summed E-state index contributed by atoms with van der Waals surface area (Å²) in [5.41, 5.74) is 6.64. The van der Waals surface area contributed by atoms with Gasteiger partial charge < -0.3 is 15.0 Å². The summed E-state index contributed by atoms with van der Waals surface area (Å²) in [5.74, 6) is 0.469. The highest BCUT2D eigenvalue weighted by atomic mass is 16.5. The predicted octanol–water partition coefficient (Wildman–Crippen LogP) is 5.24. The molecule has 0 unspecified atom stereocenters. The summed E-state index contributed by atoms with van der Waals surface area (Å²) in [5, 5.41) is 13.4. The molecule has 44 heavy (non-hydrogen) atoms. The van der Waals surface area contributed by atoms with E-state index in [1.807, 2.05) is 19.9 Å². The summed E-state index contributed by atoms with van der Waals surface area (Å²) in [6.07, 6.45) is 3.06. The first-order valence-electron chi connectivity index (χ1n) is 15.5. The molecule has 0 radical (unpaired) electrons. The minimum absolute atomic E-state index is 0.125. The molecule has 0 spiro atoms. The lowest BCUT2D eigenvalue weighted by Crippen LogP contribution is -2.46. The molecule has 1 atom stereocenters. The maximum absolute atomic E-state index is 11.7. The van der Waals surface area contributed by atoms with Crippen molar-refractivity contribution in [2.24, 2.45) is 5.41 Å². The number of aromatic nitrogens is 3. The summed E-state index contributed by atoms with van der Waals surface area (Å²) in [7, 11) is 0. The Morgan fingerprint density at radius 2 is 1.75 bits per heavy atom. The fraction of sp³-hybridized carbons (Fsp3) is 0.441. The molecule has 1 aliphatic heterocycles. The lowest BCUT2D eigenvalue weighted by atomic mass is 9.87. The fourth-order valence-corrected chi connectivity index (χ4v) is 5.64. The van der Waals surface area contributed by atoms with Crippen molar-refractivity contribution in [1.29, 1.82) is 0 Å². The smallest absolute Gasteiger partial charge is 0.248 e. The number of nitrogens with one attached hydrogen (secondary N) is 3. The molecular weight excluding hydrogens is 554 g/mol. The van der Waals surface area contributed by atoms with E-state index >= 15 is 0 Å². The molecule has 10 heteroatoms. The van der Waals surface area contributed by atoms with Crippen LogP contribution >= 0.6 is 0 Å². The molecule has 234 valence electrons. The summed E-state index contributed by atoms with van der Waals surface area (Å²) >= 11 is 0. The molecule has 10 nitrogen and oxygen atoms in total. The molecule has 4 N–H and O–H groups in total. The second kappa shape index (κ2) is 14.8. The summed E-state index contributed by atoms with van der Waals surface area (Å²) in [6, 6.07) is 21.4. The second-order valence-electron chi connectivity index (χ2n) is 12.3. The zero-order valence-electron chi connectivity index (χ0n) is 26.1. The van der Waals surface area contributed by atoms with Gasteiger partial charge in [-0.25, -0.2) is 15.4 Å². The molecule has 4 aromatic rings. The number of anilines is 1. The Morgan fingerprint density at radius 1 is 1.02 bits per heavy atom. The number of nitrogens with zero attached hydrogens (tertiary/aromatic N) is 4. The molecule has 1 aliphatic rings. The van der Waals surface area contributed by atoms with Crippen molar-refractivity contribution in [2.45, 2.75) is 46.2 Å². The van der Waals surface area contributed by atoms with Crippen molar-refractivity contribution in [3.8, 4) is 11.3 Å². The first-order valence-corrected chi connectivity index (χ1v) is 15.5. The van der Waals surface area contributed by atoms with Crippen LogP contribution in [0.1, 0.15) is 50.8 Å². The topological polar surface area (TPSA) is 119 Å². The number of benzene rings is 2. The molecule has 1 saturated heterocycles. The average molecular weight is 600 g/mol. The van der Waals surface area contributed by atoms with Crippen molar-refractivity contribution >= 4 is 22.8 Å². The summed E-state index contributed by atoms with van der Waals surface area (Å²) in [6.45, 7) is 13.1. The minimum atomic E-state index is -0.593. The van der Waals surface area contributed by atoms with E-state index in [4.69, 9.17) is 9.94 Å². The van der Waals surface area contributed by atoms with Gasteiger partial charge in [-0.3, -0.25) is 19.8 Å². The van der Waals surface area contributed by atoms with Crippen molar-refractivity contribution in [3.05, 3.63) is 78.1 Å². The number of carbonyl (C=O) groups is 1. The lowest BCUT2D eigenvalue weighted by molar-refractivity contribution is -0.138. The van der Waals surface area contributed by atoms with E-state index in [0.29, 0.717) is 19.6 Å². The number of hydrogen-bond acceptors (Lipinski definition) is 8. The number of amides is 1. The molecule has 1 amide bonds. The highest BCUT2D eigenvalue weighted by molar-refractivity contribution is 5.91. The van der Waals surface area contributed by atoms with Crippen LogP contribution in [0.5, 0.6) is 0 Å². The van der Waals surface area contributed by atoms with Crippen LogP contribution in [0.15, 0.2) is 67.0 Å². The highest BCUT2D eigenvalue weighted by Crippen LogP contribution is 2.29. The summed E-state index contributed by atoms with van der Waals surface area (Å²) in [4.78, 5) is 29.1. The Labute approximate surface area is 259 Å². The van der Waals surface area contributed by atoms with Gasteiger partial charge in [0.2, 0.25) is 5.91 Å². The quantitative estimate of drug-likeness (QED) is 0.0883. The molecule has 5 rings (SSSR count). The number of ether oxygens (including phenoxy) is 1. The highest BCUT2D eigenvalue weighted by Gasteiger charge is 2.26. The van der Waals surface area contributed by atoms with E-state index < -0.39 is 5.41 Å². The standard InChI is InChI=1S/C34H45N7O3/c1-25(27-8-5-4-6-9-27)37-31-29-22-30(38-32(29)36-24-35-31)28-12-10-26(11-13-28)23-41-17-15-40(16-18-41)19-21-44-20-7-14-34(2,3)33(42)39-43/h4-6,8-13,22,24-25,43H,7,14-21,23H2,1-3H3,(H,39,42)(H2,35,36,37,38)/t25-/m1/s1. The van der Waals surface area contributed by atoms with E-state index in [1.165, 1.54) is 11.1 Å². The van der Waals surface area contributed by atoms with Crippen LogP contribution in [0.2, 0.25) is 0 Å². The van der Waals surface area contributed by atoms with Crippen molar-refractivity contribution < 1.29 is 14.7 Å². The van der Waals surface area contributed by atoms with Crippen LogP contribution in [-0.4, -0.2) is 81.8 Å². The first-order chi connectivity index (χ1) is 21.3. The van der Waals surface area contributed by atoms with Gasteiger partial charge in [-0.15, -0.1) is 0 Å². The Kier molecular flexibility index (Phi) is 10.6. The van der Waals surface area contributed by atoms with Crippen LogP contribution < -0.4 is 10.8 Å². The number of carbonyl (C=O) groups excluding carboxylic acids is 1. The third-order valence-corrected chi connectivity index (χ3v) is 8.57. The molecule has 2 aromatic heterocycles. The van der Waals surface area contributed by atoms with E-state index in [1.54, 1.807) is 11.8 Å². The fourth-order valence-electron chi connectivity index (χ4n) is 5.64. The Hall–Kier alpha value is -3.83. The Balaban J connectivity index is 1.06. The van der Waals surface area contributed by atoms with Crippen molar-refractivity contribution in [2.75, 3.05) is 51.3 Å². The van der Waals surface area contributed by atoms with E-state index in [2.05, 4.69) is 91.6 Å². The molecule has 0 saturated carbocycles. The van der Waals surface area contributed by atoms with Gasteiger partial charge in [0, 0.05) is 63.0 Å².